The van der Waals surface area contributed by atoms with Crippen LogP contribution in [0.15, 0.2) is 48.5 Å². The van der Waals surface area contributed by atoms with E-state index < -0.39 is 24.4 Å². The van der Waals surface area contributed by atoms with Gasteiger partial charge in [0.05, 0.1) is 24.7 Å². The van der Waals surface area contributed by atoms with Gasteiger partial charge in [-0.2, -0.15) is 0 Å². The number of carbonyl (C=O) groups excluding carboxylic acids is 2. The minimum absolute atomic E-state index is 0.00860. The highest BCUT2D eigenvalue weighted by Gasteiger charge is 2.51. The molecule has 0 radical (unpaired) electrons. The van der Waals surface area contributed by atoms with Gasteiger partial charge in [-0.15, -0.1) is 0 Å². The van der Waals surface area contributed by atoms with Gasteiger partial charge in [-0.1, -0.05) is 57.2 Å². The molecule has 2 aromatic carbocycles. The zero-order valence-electron chi connectivity index (χ0n) is 22.2. The van der Waals surface area contributed by atoms with E-state index in [0.717, 1.165) is 16.6 Å². The number of carbonyl (C=O) groups is 2. The first kappa shape index (κ1) is 27.0. The van der Waals surface area contributed by atoms with Gasteiger partial charge in [0.15, 0.2) is 0 Å². The summed E-state index contributed by atoms with van der Waals surface area (Å²) < 4.78 is 17.1. The van der Waals surface area contributed by atoms with Gasteiger partial charge in [-0.25, -0.2) is 0 Å². The molecule has 0 saturated carbocycles. The lowest BCUT2D eigenvalue weighted by Crippen LogP contribution is -2.41. The second kappa shape index (κ2) is 10.2. The van der Waals surface area contributed by atoms with E-state index in [-0.39, 0.29) is 23.7 Å². The molecule has 0 aliphatic carbocycles. The summed E-state index contributed by atoms with van der Waals surface area (Å²) in [6.45, 7) is 14.5. The zero-order valence-corrected chi connectivity index (χ0v) is 22.2. The predicted octanol–water partition coefficient (Wildman–Crippen LogP) is 4.19. The van der Waals surface area contributed by atoms with Crippen LogP contribution in [-0.4, -0.2) is 43.3 Å². The molecule has 1 saturated heterocycles. The van der Waals surface area contributed by atoms with Gasteiger partial charge in [-0.05, 0) is 68.3 Å². The summed E-state index contributed by atoms with van der Waals surface area (Å²) in [5.74, 6) is -0.583. The molecule has 1 amide bonds. The third-order valence-corrected chi connectivity index (χ3v) is 6.98. The van der Waals surface area contributed by atoms with Crippen LogP contribution >= 0.6 is 0 Å². The molecular formula is C28H38BNO5. The first-order valence-electron chi connectivity index (χ1n) is 12.1. The maximum Gasteiger partial charge on any atom is 0.494 e. The Bertz CT molecular complexity index is 1020. The Hall–Kier alpha value is -2.64. The van der Waals surface area contributed by atoms with Crippen LogP contribution in [-0.2, 0) is 30.7 Å². The molecule has 3 rings (SSSR count). The second-order valence-electron chi connectivity index (χ2n) is 11.3. The first-order valence-corrected chi connectivity index (χ1v) is 12.1. The van der Waals surface area contributed by atoms with Gasteiger partial charge < -0.3 is 19.4 Å². The molecule has 1 heterocycles. The summed E-state index contributed by atoms with van der Waals surface area (Å²) in [4.78, 5) is 25.0. The number of ether oxygens (including phenoxy) is 1. The topological polar surface area (TPSA) is 73.9 Å². The summed E-state index contributed by atoms with van der Waals surface area (Å²) in [6.07, 6.45) is 0.575. The lowest BCUT2D eigenvalue weighted by Gasteiger charge is -2.32. The summed E-state index contributed by atoms with van der Waals surface area (Å²) in [6, 6.07) is 15.1. The highest BCUT2D eigenvalue weighted by Crippen LogP contribution is 2.36. The molecule has 0 aromatic heterocycles. The van der Waals surface area contributed by atoms with Gasteiger partial charge in [-0.3, -0.25) is 9.59 Å². The summed E-state index contributed by atoms with van der Waals surface area (Å²) in [5, 5.41) is 3.01. The van der Waals surface area contributed by atoms with E-state index in [1.54, 1.807) is 0 Å². The van der Waals surface area contributed by atoms with Gasteiger partial charge in [0.25, 0.3) is 5.91 Å². The number of amides is 1. The molecule has 1 aliphatic rings. The fraction of sp³-hybridized carbons (Fsp3) is 0.500. The van der Waals surface area contributed by atoms with E-state index in [1.165, 1.54) is 7.11 Å². The quantitative estimate of drug-likeness (QED) is 0.476. The van der Waals surface area contributed by atoms with Crippen molar-refractivity contribution in [1.82, 2.24) is 5.32 Å². The Balaban J connectivity index is 1.70. The fourth-order valence-electron chi connectivity index (χ4n) is 3.92. The Morgan fingerprint density at radius 3 is 1.97 bits per heavy atom. The van der Waals surface area contributed by atoms with Crippen molar-refractivity contribution in [3.05, 3.63) is 65.2 Å². The summed E-state index contributed by atoms with van der Waals surface area (Å²) in [5.41, 5.74) is 2.83. The van der Waals surface area contributed by atoms with Crippen molar-refractivity contribution in [2.75, 3.05) is 7.11 Å². The normalized spacial score (nSPS) is 17.7. The van der Waals surface area contributed by atoms with Crippen LogP contribution in [0, 0.1) is 0 Å². The maximum absolute atomic E-state index is 12.9. The molecule has 7 heteroatoms. The molecule has 2 aromatic rings. The Morgan fingerprint density at radius 2 is 1.49 bits per heavy atom. The van der Waals surface area contributed by atoms with Crippen LogP contribution < -0.4 is 10.8 Å². The van der Waals surface area contributed by atoms with E-state index in [0.29, 0.717) is 12.0 Å². The number of nitrogens with one attached hydrogen (secondary N) is 1. The fourth-order valence-corrected chi connectivity index (χ4v) is 3.92. The van der Waals surface area contributed by atoms with Crippen molar-refractivity contribution in [2.24, 2.45) is 0 Å². The standard InChI is InChI=1S/C28H38BNO5/c1-26(2,3)21-13-11-20(12-14-21)25(32)30-23(18-24(31)33-8)17-19-9-15-22(16-10-19)29-34-27(4,5)28(6,7)35-29/h9-16,23H,17-18H2,1-8H3,(H,30,32)/t23-/m0/s1. The van der Waals surface area contributed by atoms with E-state index in [1.807, 2.05) is 76.2 Å². The van der Waals surface area contributed by atoms with Crippen LogP contribution in [0.1, 0.15) is 76.4 Å². The molecule has 1 aliphatic heterocycles. The molecule has 35 heavy (non-hydrogen) atoms. The average molecular weight is 479 g/mol. The third-order valence-electron chi connectivity index (χ3n) is 6.98. The van der Waals surface area contributed by atoms with Crippen molar-refractivity contribution in [2.45, 2.75) is 84.0 Å². The van der Waals surface area contributed by atoms with Crippen molar-refractivity contribution < 1.29 is 23.6 Å². The number of hydrogen-bond donors (Lipinski definition) is 1. The molecule has 6 nitrogen and oxygen atoms in total. The van der Waals surface area contributed by atoms with E-state index in [9.17, 15) is 9.59 Å². The van der Waals surface area contributed by atoms with E-state index in [4.69, 9.17) is 14.0 Å². The van der Waals surface area contributed by atoms with Crippen molar-refractivity contribution in [3.8, 4) is 0 Å². The molecule has 188 valence electrons. The number of methoxy groups -OCH3 is 1. The number of esters is 1. The van der Waals surface area contributed by atoms with Gasteiger partial charge in [0.2, 0.25) is 0 Å². The minimum atomic E-state index is -0.435. The maximum atomic E-state index is 12.9. The lowest BCUT2D eigenvalue weighted by molar-refractivity contribution is -0.141. The van der Waals surface area contributed by atoms with Crippen molar-refractivity contribution in [1.29, 1.82) is 0 Å². The van der Waals surface area contributed by atoms with Crippen LogP contribution in [0.3, 0.4) is 0 Å². The Morgan fingerprint density at radius 1 is 0.943 bits per heavy atom. The smallest absolute Gasteiger partial charge is 0.469 e. The van der Waals surface area contributed by atoms with Crippen LogP contribution in [0.5, 0.6) is 0 Å². The summed E-state index contributed by atoms with van der Waals surface area (Å²) in [7, 11) is 0.918. The number of hydrogen-bond acceptors (Lipinski definition) is 5. The Labute approximate surface area is 209 Å². The highest BCUT2D eigenvalue weighted by molar-refractivity contribution is 6.62. The highest BCUT2D eigenvalue weighted by atomic mass is 16.7. The Kier molecular flexibility index (Phi) is 7.82. The SMILES string of the molecule is COC(=O)C[C@H](Cc1ccc(B2OC(C)(C)C(C)(C)O2)cc1)NC(=O)c1ccc(C(C)(C)C)cc1. The van der Waals surface area contributed by atoms with E-state index >= 15 is 0 Å². The molecule has 1 N–H and O–H groups in total. The number of benzene rings is 2. The monoisotopic (exact) mass is 479 g/mol. The van der Waals surface area contributed by atoms with Crippen LogP contribution in [0.2, 0.25) is 0 Å². The van der Waals surface area contributed by atoms with Gasteiger partial charge in [0.1, 0.15) is 0 Å². The molecule has 0 bridgehead atoms. The molecule has 0 unspecified atom stereocenters. The molecule has 1 fully saturated rings. The zero-order chi connectivity index (χ0) is 26.0. The average Bonchev–Trinajstić information content (AvgIpc) is 3.00. The van der Waals surface area contributed by atoms with Crippen molar-refractivity contribution >= 4 is 24.5 Å². The largest absolute Gasteiger partial charge is 0.494 e. The van der Waals surface area contributed by atoms with Crippen molar-refractivity contribution in [3.63, 3.8) is 0 Å². The molecule has 1 atom stereocenters. The second-order valence-corrected chi connectivity index (χ2v) is 11.3. The van der Waals surface area contributed by atoms with Gasteiger partial charge in [0, 0.05) is 11.6 Å². The minimum Gasteiger partial charge on any atom is -0.469 e. The lowest BCUT2D eigenvalue weighted by atomic mass is 9.78. The first-order chi connectivity index (χ1) is 16.2. The van der Waals surface area contributed by atoms with Crippen LogP contribution in [0.25, 0.3) is 0 Å². The summed E-state index contributed by atoms with van der Waals surface area (Å²) >= 11 is 0. The molecule has 0 spiro atoms. The van der Waals surface area contributed by atoms with Crippen LogP contribution in [0.4, 0.5) is 0 Å². The molecular weight excluding hydrogens is 441 g/mol. The van der Waals surface area contributed by atoms with E-state index in [2.05, 4.69) is 26.1 Å². The number of rotatable bonds is 7. The van der Waals surface area contributed by atoms with Gasteiger partial charge >= 0.3 is 13.1 Å². The third kappa shape index (κ3) is 6.53. The predicted molar refractivity (Wildman–Crippen MR) is 139 cm³/mol.